The van der Waals surface area contributed by atoms with Crippen molar-refractivity contribution in [3.05, 3.63) is 58.3 Å². The number of allylic oxidation sites excluding steroid dienone is 1. The highest BCUT2D eigenvalue weighted by Crippen LogP contribution is 2.51. The number of ether oxygens (including phenoxy) is 2. The second-order valence-corrected chi connectivity index (χ2v) is 7.70. The Morgan fingerprint density at radius 2 is 1.97 bits per heavy atom. The van der Waals surface area contributed by atoms with Gasteiger partial charge in [-0.2, -0.15) is 17.6 Å². The van der Waals surface area contributed by atoms with E-state index in [1.807, 2.05) is 0 Å². The number of carbonyl (C=O) groups excluding carboxylic acids is 2. The average Bonchev–Trinajstić information content (AvgIpc) is 3.10. The lowest BCUT2D eigenvalue weighted by molar-refractivity contribution is -0.495. The SMILES string of the molecule is COc1c([C@@H]2C[C@](C)(C(F)(F)F)OC2C(=O)NC2=C[C@@H](C(N)=O)[N+](=O)C=C2)ccc(F)c1F. The van der Waals surface area contributed by atoms with Crippen LogP contribution in [0.3, 0.4) is 0 Å². The topological polar surface area (TPSA) is 111 Å². The number of alkyl halides is 3. The van der Waals surface area contributed by atoms with Gasteiger partial charge in [-0.1, -0.05) is 6.07 Å². The number of hydrogen-bond donors (Lipinski definition) is 2. The fraction of sp³-hybridized carbons (Fsp3) is 0.400. The second-order valence-electron chi connectivity index (χ2n) is 7.70. The highest BCUT2D eigenvalue weighted by molar-refractivity contribution is 5.86. The Morgan fingerprint density at radius 1 is 1.30 bits per heavy atom. The molecule has 4 atom stereocenters. The molecule has 0 aromatic heterocycles. The van der Waals surface area contributed by atoms with Gasteiger partial charge in [0.1, 0.15) is 6.10 Å². The first-order valence-corrected chi connectivity index (χ1v) is 9.51. The second kappa shape index (κ2) is 8.54. The van der Waals surface area contributed by atoms with Gasteiger partial charge in [0.15, 0.2) is 17.2 Å². The van der Waals surface area contributed by atoms with E-state index < -0.39 is 65.5 Å². The lowest BCUT2D eigenvalue weighted by atomic mass is 9.85. The Kier molecular flexibility index (Phi) is 6.29. The fourth-order valence-corrected chi connectivity index (χ4v) is 3.73. The Labute approximate surface area is 183 Å². The van der Waals surface area contributed by atoms with Gasteiger partial charge in [0.2, 0.25) is 12.0 Å². The molecule has 33 heavy (non-hydrogen) atoms. The summed E-state index contributed by atoms with van der Waals surface area (Å²) >= 11 is 0. The van der Waals surface area contributed by atoms with E-state index in [1.54, 1.807) is 0 Å². The molecular formula is C20H19F5N3O5+. The highest BCUT2D eigenvalue weighted by atomic mass is 19.4. The van der Waals surface area contributed by atoms with E-state index in [2.05, 4.69) is 5.32 Å². The van der Waals surface area contributed by atoms with Crippen molar-refractivity contribution >= 4 is 11.8 Å². The van der Waals surface area contributed by atoms with E-state index in [-0.39, 0.29) is 16.0 Å². The molecule has 178 valence electrons. The zero-order valence-electron chi connectivity index (χ0n) is 17.3. The molecule has 0 radical (unpaired) electrons. The van der Waals surface area contributed by atoms with E-state index in [4.69, 9.17) is 15.2 Å². The number of methoxy groups -OCH3 is 1. The van der Waals surface area contributed by atoms with Crippen LogP contribution in [-0.2, 0) is 14.3 Å². The van der Waals surface area contributed by atoms with Crippen molar-refractivity contribution in [2.75, 3.05) is 7.11 Å². The van der Waals surface area contributed by atoms with E-state index in [1.165, 1.54) is 0 Å². The van der Waals surface area contributed by atoms with Crippen LogP contribution in [0, 0.1) is 16.5 Å². The largest absolute Gasteiger partial charge is 0.493 e. The number of primary amides is 1. The van der Waals surface area contributed by atoms with Crippen LogP contribution >= 0.6 is 0 Å². The normalized spacial score (nSPS) is 27.3. The molecule has 0 bridgehead atoms. The number of nitroso groups, excluding NO2 is 1. The molecule has 2 aliphatic heterocycles. The summed E-state index contributed by atoms with van der Waals surface area (Å²) in [7, 11) is 1.01. The van der Waals surface area contributed by atoms with Gasteiger partial charge < -0.3 is 20.5 Å². The Morgan fingerprint density at radius 3 is 2.55 bits per heavy atom. The van der Waals surface area contributed by atoms with Crippen molar-refractivity contribution in [1.29, 1.82) is 0 Å². The third-order valence-corrected chi connectivity index (χ3v) is 5.48. The minimum absolute atomic E-state index is 0.0869. The average molecular weight is 476 g/mol. The van der Waals surface area contributed by atoms with Crippen molar-refractivity contribution in [3.63, 3.8) is 0 Å². The summed E-state index contributed by atoms with van der Waals surface area (Å²) in [6.45, 7) is 0.734. The van der Waals surface area contributed by atoms with Crippen molar-refractivity contribution in [2.24, 2.45) is 5.73 Å². The summed E-state index contributed by atoms with van der Waals surface area (Å²) in [6.07, 6.45) is -4.47. The molecule has 2 heterocycles. The molecule has 3 N–H and O–H groups in total. The third-order valence-electron chi connectivity index (χ3n) is 5.48. The van der Waals surface area contributed by atoms with Crippen LogP contribution in [0.4, 0.5) is 22.0 Å². The molecule has 1 unspecified atom stereocenters. The molecule has 3 rings (SSSR count). The molecule has 0 saturated carbocycles. The quantitative estimate of drug-likeness (QED) is 0.501. The standard InChI is InChI=1S/C20H18F5N3O5/c1-19(20(23,24)25)8-11(10-3-4-12(21)14(22)15(10)32-2)16(33-19)18(30)27-9-5-6-28(31)13(7-9)17(26)29/h3-7,11,13,16H,8H2,1-2H3,(H2-,26,27,29,30)/p+1/t11-,13-,16?,19+/m0/s1. The number of benzene rings is 1. The minimum atomic E-state index is -4.89. The van der Waals surface area contributed by atoms with Crippen molar-refractivity contribution in [3.8, 4) is 5.75 Å². The molecule has 8 nitrogen and oxygen atoms in total. The monoisotopic (exact) mass is 476 g/mol. The van der Waals surface area contributed by atoms with Crippen LogP contribution in [0.5, 0.6) is 5.75 Å². The first-order chi connectivity index (χ1) is 15.3. The van der Waals surface area contributed by atoms with Crippen LogP contribution in [0.2, 0.25) is 0 Å². The molecule has 1 aromatic rings. The van der Waals surface area contributed by atoms with Crippen LogP contribution in [0.1, 0.15) is 24.8 Å². The van der Waals surface area contributed by atoms with Gasteiger partial charge >= 0.3 is 12.2 Å². The lowest BCUT2D eigenvalue weighted by Gasteiger charge is -2.27. The summed E-state index contributed by atoms with van der Waals surface area (Å²) < 4.78 is 79.2. The number of nitrogens with two attached hydrogens (primary N) is 1. The maximum atomic E-state index is 14.2. The van der Waals surface area contributed by atoms with Gasteiger partial charge in [-0.15, -0.1) is 0 Å². The number of carbonyl (C=O) groups is 2. The van der Waals surface area contributed by atoms with Crippen LogP contribution in [0.25, 0.3) is 0 Å². The van der Waals surface area contributed by atoms with E-state index in [9.17, 15) is 36.4 Å². The van der Waals surface area contributed by atoms with Crippen LogP contribution in [-0.4, -0.2) is 47.6 Å². The van der Waals surface area contributed by atoms with Gasteiger partial charge in [-0.25, -0.2) is 4.39 Å². The zero-order valence-corrected chi connectivity index (χ0v) is 17.3. The number of hydrogen-bond acceptors (Lipinski definition) is 5. The smallest absolute Gasteiger partial charge is 0.417 e. The third kappa shape index (κ3) is 4.45. The number of rotatable bonds is 5. The Balaban J connectivity index is 1.99. The van der Waals surface area contributed by atoms with E-state index >= 15 is 0 Å². The van der Waals surface area contributed by atoms with E-state index in [0.29, 0.717) is 6.07 Å². The first kappa shape index (κ1) is 24.3. The molecule has 1 aromatic carbocycles. The van der Waals surface area contributed by atoms with Gasteiger partial charge in [-0.05, 0) is 19.4 Å². The summed E-state index contributed by atoms with van der Waals surface area (Å²) in [4.78, 5) is 35.9. The van der Waals surface area contributed by atoms with E-state index in [0.717, 1.165) is 38.5 Å². The Bertz CT molecular complexity index is 1070. The summed E-state index contributed by atoms with van der Waals surface area (Å²) in [5.41, 5.74) is 2.04. The molecular weight excluding hydrogens is 457 g/mol. The van der Waals surface area contributed by atoms with Crippen molar-refractivity contribution < 1.29 is 45.8 Å². The predicted molar refractivity (Wildman–Crippen MR) is 102 cm³/mol. The van der Waals surface area contributed by atoms with Gasteiger partial charge in [0.25, 0.3) is 11.8 Å². The minimum Gasteiger partial charge on any atom is -0.493 e. The maximum Gasteiger partial charge on any atom is 0.417 e. The van der Waals surface area contributed by atoms with Crippen molar-refractivity contribution in [2.45, 2.75) is 43.2 Å². The predicted octanol–water partition coefficient (Wildman–Crippen LogP) is 2.33. The molecule has 0 aliphatic carbocycles. The number of nitrogens with zero attached hydrogens (tertiary/aromatic N) is 1. The highest BCUT2D eigenvalue weighted by Gasteiger charge is 2.61. The molecule has 13 heteroatoms. The number of amides is 2. The molecule has 2 amide bonds. The molecule has 1 saturated heterocycles. The van der Waals surface area contributed by atoms with Crippen LogP contribution < -0.4 is 15.8 Å². The van der Waals surface area contributed by atoms with Gasteiger partial charge in [-0.3, -0.25) is 9.59 Å². The van der Waals surface area contributed by atoms with Crippen molar-refractivity contribution in [1.82, 2.24) is 5.32 Å². The number of nitrogens with one attached hydrogen (secondary N) is 1. The molecule has 0 spiro atoms. The molecule has 1 fully saturated rings. The van der Waals surface area contributed by atoms with Crippen LogP contribution in [0.15, 0.2) is 36.2 Å². The molecule has 2 aliphatic rings. The summed E-state index contributed by atoms with van der Waals surface area (Å²) in [6, 6.07) is 0.279. The maximum absolute atomic E-state index is 14.2. The van der Waals surface area contributed by atoms with Gasteiger partial charge in [0.05, 0.1) is 12.8 Å². The fourth-order valence-electron chi connectivity index (χ4n) is 3.73. The summed E-state index contributed by atoms with van der Waals surface area (Å²) in [5, 5.41) is 2.28. The number of halogens is 5. The lowest BCUT2D eigenvalue weighted by Crippen LogP contribution is -2.45. The first-order valence-electron chi connectivity index (χ1n) is 9.51. The van der Waals surface area contributed by atoms with Gasteiger partial charge in [0, 0.05) is 33.3 Å². The zero-order chi connectivity index (χ0) is 24.7. The summed E-state index contributed by atoms with van der Waals surface area (Å²) in [5.74, 6) is -6.83. The Hall–Kier alpha value is -3.35.